The molecule has 4 N–H and O–H groups in total. The molecular formula is C28H46N2O6. The number of hydroxylamine groups is 2. The predicted molar refractivity (Wildman–Crippen MR) is 139 cm³/mol. The van der Waals surface area contributed by atoms with Crippen LogP contribution in [0.1, 0.15) is 82.6 Å². The van der Waals surface area contributed by atoms with Crippen molar-refractivity contribution in [2.75, 3.05) is 20.3 Å². The summed E-state index contributed by atoms with van der Waals surface area (Å²) in [6.07, 6.45) is 12.3. The van der Waals surface area contributed by atoms with Crippen molar-refractivity contribution in [3.05, 3.63) is 30.1 Å². The van der Waals surface area contributed by atoms with E-state index in [2.05, 4.69) is 22.9 Å². The first-order valence-electron chi connectivity index (χ1n) is 13.5. The maximum Gasteiger partial charge on any atom is 0.162 e. The van der Waals surface area contributed by atoms with Crippen LogP contribution in [0, 0.1) is 11.8 Å². The van der Waals surface area contributed by atoms with Gasteiger partial charge in [-0.15, -0.1) is 11.8 Å². The Kier molecular flexibility index (Phi) is 15.9. The summed E-state index contributed by atoms with van der Waals surface area (Å²) in [5, 5.41) is 40.9. The molecule has 204 valence electrons. The van der Waals surface area contributed by atoms with Crippen molar-refractivity contribution < 1.29 is 30.0 Å². The van der Waals surface area contributed by atoms with E-state index in [9.17, 15) is 20.4 Å². The Balaban J connectivity index is 1.43. The first-order valence-corrected chi connectivity index (χ1v) is 13.5. The molecule has 0 bridgehead atoms. The third-order valence-electron chi connectivity index (χ3n) is 6.68. The van der Waals surface area contributed by atoms with Gasteiger partial charge in [-0.25, -0.2) is 0 Å². The molecule has 1 aliphatic rings. The summed E-state index contributed by atoms with van der Waals surface area (Å²) in [5.74, 6) is 6.61. The normalized spacial score (nSPS) is 24.0. The van der Waals surface area contributed by atoms with Crippen LogP contribution >= 0.6 is 0 Å². The molecule has 1 aromatic rings. The number of hydrogen-bond donors (Lipinski definition) is 4. The predicted octanol–water partition coefficient (Wildman–Crippen LogP) is 2.97. The molecule has 5 atom stereocenters. The van der Waals surface area contributed by atoms with Gasteiger partial charge in [0.25, 0.3) is 0 Å². The average Bonchev–Trinajstić information content (AvgIpc) is 2.90. The van der Waals surface area contributed by atoms with Gasteiger partial charge < -0.3 is 25.2 Å². The van der Waals surface area contributed by atoms with E-state index in [1.807, 2.05) is 18.5 Å². The van der Waals surface area contributed by atoms with Gasteiger partial charge in [-0.2, -0.15) is 5.06 Å². The van der Waals surface area contributed by atoms with Crippen molar-refractivity contribution in [1.29, 1.82) is 0 Å². The Morgan fingerprint density at radius 2 is 1.53 bits per heavy atom. The van der Waals surface area contributed by atoms with E-state index in [-0.39, 0.29) is 0 Å². The maximum atomic E-state index is 10.2. The van der Waals surface area contributed by atoms with Gasteiger partial charge in [0.1, 0.15) is 24.4 Å². The summed E-state index contributed by atoms with van der Waals surface area (Å²) in [5.41, 5.74) is 1.30. The van der Waals surface area contributed by atoms with Gasteiger partial charge in [0, 0.05) is 31.8 Å². The molecular weight excluding hydrogens is 460 g/mol. The van der Waals surface area contributed by atoms with Gasteiger partial charge in [0.15, 0.2) is 6.23 Å². The second-order valence-corrected chi connectivity index (χ2v) is 9.54. The lowest BCUT2D eigenvalue weighted by molar-refractivity contribution is -0.328. The van der Waals surface area contributed by atoms with Gasteiger partial charge in [-0.1, -0.05) is 44.6 Å². The number of aryl methyl sites for hydroxylation is 1. The van der Waals surface area contributed by atoms with Crippen molar-refractivity contribution >= 4 is 0 Å². The highest BCUT2D eigenvalue weighted by Gasteiger charge is 2.45. The van der Waals surface area contributed by atoms with Crippen LogP contribution in [0.5, 0.6) is 0 Å². The maximum absolute atomic E-state index is 10.2. The van der Waals surface area contributed by atoms with Gasteiger partial charge in [-0.05, 0) is 43.7 Å². The summed E-state index contributed by atoms with van der Waals surface area (Å²) in [4.78, 5) is 9.48. The lowest BCUT2D eigenvalue weighted by Gasteiger charge is -2.43. The van der Waals surface area contributed by atoms with Gasteiger partial charge in [0.05, 0.1) is 13.7 Å². The Labute approximate surface area is 216 Å². The minimum Gasteiger partial charge on any atom is -0.394 e. The van der Waals surface area contributed by atoms with Gasteiger partial charge in [0.2, 0.25) is 0 Å². The molecule has 0 aliphatic carbocycles. The zero-order valence-electron chi connectivity index (χ0n) is 21.8. The molecule has 1 fully saturated rings. The van der Waals surface area contributed by atoms with E-state index in [4.69, 9.17) is 9.57 Å². The molecule has 1 aliphatic heterocycles. The highest BCUT2D eigenvalue weighted by atomic mass is 16.7. The van der Waals surface area contributed by atoms with Crippen molar-refractivity contribution in [2.24, 2.45) is 0 Å². The lowest BCUT2D eigenvalue weighted by Crippen LogP contribution is -2.63. The Hall–Kier alpha value is -1.57. The monoisotopic (exact) mass is 506 g/mol. The smallest absolute Gasteiger partial charge is 0.162 e. The molecule has 1 aromatic heterocycles. The third-order valence-corrected chi connectivity index (χ3v) is 6.68. The number of aromatic nitrogens is 1. The number of rotatable bonds is 17. The van der Waals surface area contributed by atoms with Crippen molar-refractivity contribution in [2.45, 2.75) is 114 Å². The summed E-state index contributed by atoms with van der Waals surface area (Å²) in [6.45, 7) is 0.0837. The number of unbranched alkanes of at least 4 members (excludes halogenated alkanes) is 10. The minimum atomic E-state index is -1.40. The fourth-order valence-corrected chi connectivity index (χ4v) is 4.45. The molecule has 8 nitrogen and oxygen atoms in total. The fraction of sp³-hybridized carbons (Fsp3) is 0.750. The molecule has 0 spiro atoms. The topological polar surface area (TPSA) is 116 Å². The van der Waals surface area contributed by atoms with Crippen molar-refractivity contribution in [1.82, 2.24) is 10.0 Å². The highest BCUT2D eigenvalue weighted by Crippen LogP contribution is 2.24. The molecule has 0 aromatic carbocycles. The first kappa shape index (κ1) is 30.7. The number of nitrogens with zero attached hydrogens (tertiary/aromatic N) is 2. The molecule has 0 amide bonds. The standard InChI is InChI=1S/C28H46N2O6/c1-35-30(28-27(34)26(33)25(32)24(22-31)36-28)20-15-13-11-9-7-5-3-2-4-6-8-10-12-14-17-23-18-16-19-29-21-23/h16,18-19,21,24-28,31-34H,2-5,7,9-15,17,20,22H2,1H3/t24?,25-,26-,27-,28?/m1/s1. The second-order valence-electron chi connectivity index (χ2n) is 9.54. The Morgan fingerprint density at radius 1 is 0.889 bits per heavy atom. The summed E-state index contributed by atoms with van der Waals surface area (Å²) in [7, 11) is 1.48. The van der Waals surface area contributed by atoms with Crippen LogP contribution in [-0.2, 0) is 16.0 Å². The molecule has 8 heteroatoms. The SMILES string of the molecule is CON(CCCCCCCCCCC#CCCCCc1cccnc1)C1OC(CO)[C@@H](O)[C@@H](O)[C@H]1O. The summed E-state index contributed by atoms with van der Waals surface area (Å²) >= 11 is 0. The van der Waals surface area contributed by atoms with E-state index >= 15 is 0 Å². The molecule has 0 saturated carbocycles. The van der Waals surface area contributed by atoms with Crippen LogP contribution in [0.25, 0.3) is 0 Å². The molecule has 0 radical (unpaired) electrons. The fourth-order valence-electron chi connectivity index (χ4n) is 4.45. The largest absolute Gasteiger partial charge is 0.394 e. The van der Waals surface area contributed by atoms with Crippen LogP contribution in [0.4, 0.5) is 0 Å². The average molecular weight is 507 g/mol. The number of ether oxygens (including phenoxy) is 1. The van der Waals surface area contributed by atoms with E-state index in [1.165, 1.54) is 49.8 Å². The van der Waals surface area contributed by atoms with E-state index in [1.54, 1.807) is 0 Å². The molecule has 2 unspecified atom stereocenters. The van der Waals surface area contributed by atoms with Gasteiger partial charge >= 0.3 is 0 Å². The summed E-state index contributed by atoms with van der Waals surface area (Å²) < 4.78 is 5.55. The second kappa shape index (κ2) is 18.6. The van der Waals surface area contributed by atoms with E-state index in [0.717, 1.165) is 51.4 Å². The lowest BCUT2D eigenvalue weighted by atomic mass is 9.98. The third kappa shape index (κ3) is 11.2. The van der Waals surface area contributed by atoms with E-state index in [0.29, 0.717) is 6.54 Å². The van der Waals surface area contributed by atoms with Crippen LogP contribution in [-0.4, -0.2) is 81.4 Å². The van der Waals surface area contributed by atoms with E-state index < -0.39 is 37.3 Å². The summed E-state index contributed by atoms with van der Waals surface area (Å²) in [6, 6.07) is 4.11. The molecule has 2 heterocycles. The highest BCUT2D eigenvalue weighted by molar-refractivity contribution is 5.08. The molecule has 2 rings (SSSR count). The zero-order chi connectivity index (χ0) is 26.0. The Bertz CT molecular complexity index is 739. The zero-order valence-corrected chi connectivity index (χ0v) is 21.8. The van der Waals surface area contributed by atoms with Crippen molar-refractivity contribution in [3.8, 4) is 11.8 Å². The van der Waals surface area contributed by atoms with Gasteiger partial charge in [-0.3, -0.25) is 9.82 Å². The number of aliphatic hydroxyl groups is 4. The molecule has 36 heavy (non-hydrogen) atoms. The minimum absolute atomic E-state index is 0.445. The quantitative estimate of drug-likeness (QED) is 0.145. The first-order chi connectivity index (χ1) is 17.6. The number of aliphatic hydroxyl groups excluding tert-OH is 4. The number of hydrogen-bond acceptors (Lipinski definition) is 8. The van der Waals surface area contributed by atoms with Crippen molar-refractivity contribution in [3.63, 3.8) is 0 Å². The van der Waals surface area contributed by atoms with Crippen LogP contribution < -0.4 is 0 Å². The molecule has 1 saturated heterocycles. The number of pyridine rings is 1. The van der Waals surface area contributed by atoms with Crippen LogP contribution in [0.2, 0.25) is 0 Å². The van der Waals surface area contributed by atoms with Crippen LogP contribution in [0.15, 0.2) is 24.5 Å². The van der Waals surface area contributed by atoms with Crippen LogP contribution in [0.3, 0.4) is 0 Å². The Morgan fingerprint density at radius 3 is 2.14 bits per heavy atom.